The monoisotopic (exact) mass is 200 g/mol. The SMILES string of the molecule is CC(C)(C)OC1CCC[Si](C)(C)C1. The molecule has 1 unspecified atom stereocenters. The van der Waals surface area contributed by atoms with Crippen LogP contribution in [0.4, 0.5) is 0 Å². The lowest BCUT2D eigenvalue weighted by molar-refractivity contribution is -0.0567. The Balaban J connectivity index is 2.44. The van der Waals surface area contributed by atoms with Crippen molar-refractivity contribution in [3.8, 4) is 0 Å². The fraction of sp³-hybridized carbons (Fsp3) is 1.00. The molecule has 0 aromatic heterocycles. The Morgan fingerprint density at radius 3 is 2.31 bits per heavy atom. The highest BCUT2D eigenvalue weighted by atomic mass is 28.3. The van der Waals surface area contributed by atoms with Crippen LogP contribution < -0.4 is 0 Å². The van der Waals surface area contributed by atoms with Gasteiger partial charge in [-0.15, -0.1) is 0 Å². The maximum atomic E-state index is 6.05. The Hall–Kier alpha value is 0.177. The molecule has 1 aliphatic heterocycles. The minimum atomic E-state index is -0.878. The average molecular weight is 200 g/mol. The molecule has 0 bridgehead atoms. The maximum absolute atomic E-state index is 6.05. The predicted molar refractivity (Wildman–Crippen MR) is 61.0 cm³/mol. The molecule has 1 saturated heterocycles. The van der Waals surface area contributed by atoms with Gasteiger partial charge < -0.3 is 4.74 Å². The van der Waals surface area contributed by atoms with Gasteiger partial charge in [0.05, 0.1) is 11.7 Å². The Labute approximate surface area is 83.9 Å². The minimum absolute atomic E-state index is 0.0481. The van der Waals surface area contributed by atoms with Crippen LogP contribution in [0.15, 0.2) is 0 Å². The summed E-state index contributed by atoms with van der Waals surface area (Å²) < 4.78 is 6.05. The molecule has 2 heteroatoms. The van der Waals surface area contributed by atoms with Crippen molar-refractivity contribution in [2.24, 2.45) is 0 Å². The first kappa shape index (κ1) is 11.3. The molecule has 0 aliphatic carbocycles. The molecule has 13 heavy (non-hydrogen) atoms. The van der Waals surface area contributed by atoms with Gasteiger partial charge in [0.1, 0.15) is 0 Å². The summed E-state index contributed by atoms with van der Waals surface area (Å²) in [6.07, 6.45) is 3.23. The zero-order valence-corrected chi connectivity index (χ0v) is 10.8. The third kappa shape index (κ3) is 4.27. The van der Waals surface area contributed by atoms with Crippen LogP contribution in [0.3, 0.4) is 0 Å². The van der Waals surface area contributed by atoms with Gasteiger partial charge >= 0.3 is 0 Å². The van der Waals surface area contributed by atoms with E-state index in [1.807, 2.05) is 0 Å². The van der Waals surface area contributed by atoms with Crippen LogP contribution in [0.2, 0.25) is 25.2 Å². The van der Waals surface area contributed by atoms with E-state index in [1.54, 1.807) is 0 Å². The minimum Gasteiger partial charge on any atom is -0.373 e. The number of ether oxygens (including phenoxy) is 1. The van der Waals surface area contributed by atoms with E-state index in [0.29, 0.717) is 6.10 Å². The molecular formula is C11H24OSi. The van der Waals surface area contributed by atoms with Crippen molar-refractivity contribution in [3.05, 3.63) is 0 Å². The van der Waals surface area contributed by atoms with Gasteiger partial charge in [0, 0.05) is 8.07 Å². The molecule has 1 heterocycles. The lowest BCUT2D eigenvalue weighted by Gasteiger charge is -2.37. The van der Waals surface area contributed by atoms with Gasteiger partial charge in [-0.3, -0.25) is 0 Å². The molecule has 78 valence electrons. The third-order valence-corrected chi connectivity index (χ3v) is 5.95. The van der Waals surface area contributed by atoms with Crippen LogP contribution in [0.25, 0.3) is 0 Å². The third-order valence-electron chi connectivity index (χ3n) is 2.68. The number of rotatable bonds is 1. The van der Waals surface area contributed by atoms with E-state index in [2.05, 4.69) is 33.9 Å². The van der Waals surface area contributed by atoms with Crippen molar-refractivity contribution in [2.45, 2.75) is 70.5 Å². The quantitative estimate of drug-likeness (QED) is 0.587. The molecule has 0 radical (unpaired) electrons. The van der Waals surface area contributed by atoms with E-state index in [4.69, 9.17) is 4.74 Å². The fourth-order valence-corrected chi connectivity index (χ4v) is 5.11. The molecule has 1 nitrogen and oxygen atoms in total. The Morgan fingerprint density at radius 2 is 1.85 bits per heavy atom. The predicted octanol–water partition coefficient (Wildman–Crippen LogP) is 3.67. The van der Waals surface area contributed by atoms with Crippen molar-refractivity contribution in [2.75, 3.05) is 0 Å². The summed E-state index contributed by atoms with van der Waals surface area (Å²) in [5.74, 6) is 0. The largest absolute Gasteiger partial charge is 0.373 e. The summed E-state index contributed by atoms with van der Waals surface area (Å²) >= 11 is 0. The summed E-state index contributed by atoms with van der Waals surface area (Å²) in [6.45, 7) is 11.5. The normalized spacial score (nSPS) is 28.8. The van der Waals surface area contributed by atoms with Crippen molar-refractivity contribution in [1.82, 2.24) is 0 Å². The maximum Gasteiger partial charge on any atom is 0.0602 e. The van der Waals surface area contributed by atoms with Gasteiger partial charge in [-0.1, -0.05) is 25.6 Å². The summed E-state index contributed by atoms with van der Waals surface area (Å²) in [7, 11) is -0.878. The molecule has 1 atom stereocenters. The first-order valence-corrected chi connectivity index (χ1v) is 8.88. The summed E-state index contributed by atoms with van der Waals surface area (Å²) in [6, 6.07) is 2.86. The van der Waals surface area contributed by atoms with E-state index in [-0.39, 0.29) is 5.60 Å². The second kappa shape index (κ2) is 3.74. The van der Waals surface area contributed by atoms with E-state index >= 15 is 0 Å². The molecule has 0 spiro atoms. The van der Waals surface area contributed by atoms with Crippen molar-refractivity contribution < 1.29 is 4.74 Å². The second-order valence-corrected chi connectivity index (χ2v) is 11.3. The van der Waals surface area contributed by atoms with Crippen molar-refractivity contribution >= 4 is 8.07 Å². The smallest absolute Gasteiger partial charge is 0.0602 e. The lowest BCUT2D eigenvalue weighted by Crippen LogP contribution is -2.39. The van der Waals surface area contributed by atoms with Gasteiger partial charge in [0.2, 0.25) is 0 Å². The lowest BCUT2D eigenvalue weighted by atomic mass is 10.1. The summed E-state index contributed by atoms with van der Waals surface area (Å²) in [5.41, 5.74) is 0.0481. The van der Waals surface area contributed by atoms with Crippen molar-refractivity contribution in [1.29, 1.82) is 0 Å². The Bertz CT molecular complexity index is 167. The first-order valence-electron chi connectivity index (χ1n) is 5.46. The van der Waals surface area contributed by atoms with Gasteiger partial charge in [-0.25, -0.2) is 0 Å². The molecule has 1 rings (SSSR count). The molecule has 1 fully saturated rings. The molecule has 1 aliphatic rings. The number of hydrogen-bond acceptors (Lipinski definition) is 1. The van der Waals surface area contributed by atoms with Crippen molar-refractivity contribution in [3.63, 3.8) is 0 Å². The molecule has 0 saturated carbocycles. The second-order valence-electron chi connectivity index (χ2n) is 6.11. The van der Waals surface area contributed by atoms with Crippen LogP contribution in [-0.2, 0) is 4.74 Å². The van der Waals surface area contributed by atoms with Gasteiger partial charge in [0.15, 0.2) is 0 Å². The fourth-order valence-electron chi connectivity index (χ4n) is 2.23. The van der Waals surface area contributed by atoms with Crippen LogP contribution in [0.5, 0.6) is 0 Å². The van der Waals surface area contributed by atoms with Gasteiger partial charge in [-0.2, -0.15) is 0 Å². The standard InChI is InChI=1S/C11H24OSi/c1-11(2,3)12-10-7-6-8-13(4,5)9-10/h10H,6-9H2,1-5H3. The van der Waals surface area contributed by atoms with Crippen LogP contribution in [-0.4, -0.2) is 19.8 Å². The van der Waals surface area contributed by atoms with Crippen LogP contribution >= 0.6 is 0 Å². The highest BCUT2D eigenvalue weighted by Crippen LogP contribution is 2.32. The van der Waals surface area contributed by atoms with E-state index < -0.39 is 8.07 Å². The molecule has 0 aromatic rings. The van der Waals surface area contributed by atoms with Crippen LogP contribution in [0, 0.1) is 0 Å². The van der Waals surface area contributed by atoms with Gasteiger partial charge in [0.25, 0.3) is 0 Å². The van der Waals surface area contributed by atoms with E-state index in [9.17, 15) is 0 Å². The Morgan fingerprint density at radius 1 is 1.23 bits per heavy atom. The van der Waals surface area contributed by atoms with Crippen LogP contribution in [0.1, 0.15) is 33.6 Å². The topological polar surface area (TPSA) is 9.23 Å². The molecular weight excluding hydrogens is 176 g/mol. The van der Waals surface area contributed by atoms with Gasteiger partial charge in [-0.05, 0) is 33.2 Å². The highest BCUT2D eigenvalue weighted by molar-refractivity contribution is 6.77. The Kier molecular flexibility index (Phi) is 3.23. The summed E-state index contributed by atoms with van der Waals surface area (Å²) in [5, 5.41) is 0. The van der Waals surface area contributed by atoms with E-state index in [0.717, 1.165) is 0 Å². The zero-order valence-electron chi connectivity index (χ0n) is 9.81. The zero-order chi connectivity index (χ0) is 10.1. The average Bonchev–Trinajstić information content (AvgIpc) is 1.79. The highest BCUT2D eigenvalue weighted by Gasteiger charge is 2.32. The molecule has 0 N–H and O–H groups in total. The summed E-state index contributed by atoms with van der Waals surface area (Å²) in [4.78, 5) is 0. The first-order chi connectivity index (χ1) is 5.79. The number of hydrogen-bond donors (Lipinski definition) is 0. The van der Waals surface area contributed by atoms with E-state index in [1.165, 1.54) is 24.9 Å². The molecule has 0 aromatic carbocycles. The molecule has 0 amide bonds.